The molecule has 1 fully saturated rings. The van der Waals surface area contributed by atoms with E-state index in [1.165, 1.54) is 5.56 Å². The summed E-state index contributed by atoms with van der Waals surface area (Å²) in [6, 6.07) is 6.20. The third-order valence-electron chi connectivity index (χ3n) is 4.95. The molecular formula is C21H31N5O. The van der Waals surface area contributed by atoms with E-state index in [1.54, 1.807) is 6.20 Å². The molecule has 1 aliphatic rings. The normalized spacial score (nSPS) is 18.0. The molecular weight excluding hydrogens is 338 g/mol. The molecule has 0 aliphatic carbocycles. The summed E-state index contributed by atoms with van der Waals surface area (Å²) < 4.78 is 1.82. The number of aryl methyl sites for hydroxylation is 1. The molecule has 3 rings (SSSR count). The SMILES string of the molecule is CCn1nc(CC(C)C)cc1C(=O)N[C@@H]1CCCN(Cc2cccnc2)C1. The van der Waals surface area contributed by atoms with E-state index in [4.69, 9.17) is 0 Å². The maximum absolute atomic E-state index is 12.9. The largest absolute Gasteiger partial charge is 0.347 e. The average Bonchev–Trinajstić information content (AvgIpc) is 3.05. The minimum atomic E-state index is -0.00687. The van der Waals surface area contributed by atoms with Gasteiger partial charge in [0.05, 0.1) is 5.69 Å². The molecule has 6 nitrogen and oxygen atoms in total. The van der Waals surface area contributed by atoms with Crippen LogP contribution in [0.4, 0.5) is 0 Å². The van der Waals surface area contributed by atoms with Gasteiger partial charge in [0.15, 0.2) is 0 Å². The first-order chi connectivity index (χ1) is 13.0. The first-order valence-electron chi connectivity index (χ1n) is 10.0. The molecule has 0 spiro atoms. The Bertz CT molecular complexity index is 740. The fourth-order valence-corrected chi connectivity index (χ4v) is 3.74. The highest BCUT2D eigenvalue weighted by Gasteiger charge is 2.24. The summed E-state index contributed by atoms with van der Waals surface area (Å²) in [6.07, 6.45) is 6.73. The van der Waals surface area contributed by atoms with Gasteiger partial charge in [0.2, 0.25) is 0 Å². The number of likely N-dealkylation sites (tertiary alicyclic amines) is 1. The van der Waals surface area contributed by atoms with Gasteiger partial charge < -0.3 is 5.32 Å². The second kappa shape index (κ2) is 9.13. The molecule has 27 heavy (non-hydrogen) atoms. The standard InChI is InChI=1S/C21H31N5O/c1-4-26-20(12-19(24-26)11-16(2)3)21(27)23-18-8-6-10-25(15-18)14-17-7-5-9-22-13-17/h5,7,9,12-13,16,18H,4,6,8,10-11,14-15H2,1-3H3,(H,23,27)/t18-/m1/s1. The first kappa shape index (κ1) is 19.5. The topological polar surface area (TPSA) is 63.1 Å². The smallest absolute Gasteiger partial charge is 0.269 e. The van der Waals surface area contributed by atoms with Gasteiger partial charge in [-0.05, 0) is 56.3 Å². The number of hydrogen-bond donors (Lipinski definition) is 1. The molecule has 0 aromatic carbocycles. The minimum Gasteiger partial charge on any atom is -0.347 e. The van der Waals surface area contributed by atoms with Crippen LogP contribution < -0.4 is 5.32 Å². The fraction of sp³-hybridized carbons (Fsp3) is 0.571. The van der Waals surface area contributed by atoms with Gasteiger partial charge in [-0.25, -0.2) is 0 Å². The Labute approximate surface area is 162 Å². The van der Waals surface area contributed by atoms with Crippen LogP contribution in [0.25, 0.3) is 0 Å². The molecule has 2 aromatic heterocycles. The van der Waals surface area contributed by atoms with Crippen molar-refractivity contribution in [3.05, 3.63) is 47.5 Å². The van der Waals surface area contributed by atoms with Crippen molar-refractivity contribution in [3.63, 3.8) is 0 Å². The van der Waals surface area contributed by atoms with Crippen LogP contribution in [0.15, 0.2) is 30.6 Å². The van der Waals surface area contributed by atoms with Crippen molar-refractivity contribution in [1.29, 1.82) is 0 Å². The summed E-state index contributed by atoms with van der Waals surface area (Å²) >= 11 is 0. The molecule has 0 unspecified atom stereocenters. The van der Waals surface area contributed by atoms with Gasteiger partial charge in [0.1, 0.15) is 5.69 Å². The predicted octanol–water partition coefficient (Wildman–Crippen LogP) is 2.89. The van der Waals surface area contributed by atoms with Gasteiger partial charge >= 0.3 is 0 Å². The van der Waals surface area contributed by atoms with Crippen LogP contribution in [0.2, 0.25) is 0 Å². The molecule has 3 heterocycles. The number of carbonyl (C=O) groups excluding carboxylic acids is 1. The molecule has 1 aliphatic heterocycles. The summed E-state index contributed by atoms with van der Waals surface area (Å²) in [4.78, 5) is 19.4. The second-order valence-corrected chi connectivity index (χ2v) is 7.84. The Kier molecular flexibility index (Phi) is 6.61. The lowest BCUT2D eigenvalue weighted by Crippen LogP contribution is -2.47. The molecule has 0 bridgehead atoms. The lowest BCUT2D eigenvalue weighted by molar-refractivity contribution is 0.0890. The van der Waals surface area contributed by atoms with Crippen LogP contribution in [0, 0.1) is 5.92 Å². The van der Waals surface area contributed by atoms with Gasteiger partial charge in [-0.3, -0.25) is 19.4 Å². The van der Waals surface area contributed by atoms with E-state index >= 15 is 0 Å². The molecule has 1 N–H and O–H groups in total. The first-order valence-corrected chi connectivity index (χ1v) is 10.0. The summed E-state index contributed by atoms with van der Waals surface area (Å²) in [7, 11) is 0. The summed E-state index contributed by atoms with van der Waals surface area (Å²) in [5.74, 6) is 0.521. The van der Waals surface area contributed by atoms with E-state index < -0.39 is 0 Å². The van der Waals surface area contributed by atoms with E-state index in [1.807, 2.05) is 29.9 Å². The Hall–Kier alpha value is -2.21. The van der Waals surface area contributed by atoms with Crippen LogP contribution in [0.5, 0.6) is 0 Å². The summed E-state index contributed by atoms with van der Waals surface area (Å²) in [5, 5.41) is 7.83. The number of amides is 1. The molecule has 1 atom stereocenters. The van der Waals surface area contributed by atoms with Crippen molar-refractivity contribution in [1.82, 2.24) is 25.0 Å². The van der Waals surface area contributed by atoms with E-state index in [-0.39, 0.29) is 11.9 Å². The fourth-order valence-electron chi connectivity index (χ4n) is 3.74. The van der Waals surface area contributed by atoms with E-state index in [9.17, 15) is 4.79 Å². The van der Waals surface area contributed by atoms with Crippen LogP contribution in [-0.4, -0.2) is 44.7 Å². The Morgan fingerprint density at radius 2 is 2.26 bits per heavy atom. The van der Waals surface area contributed by atoms with Crippen molar-refractivity contribution in [2.45, 2.75) is 59.2 Å². The van der Waals surface area contributed by atoms with Crippen molar-refractivity contribution in [2.75, 3.05) is 13.1 Å². The number of carbonyl (C=O) groups is 1. The Balaban J connectivity index is 1.61. The van der Waals surface area contributed by atoms with Crippen LogP contribution in [-0.2, 0) is 19.5 Å². The van der Waals surface area contributed by atoms with Crippen molar-refractivity contribution in [2.24, 2.45) is 5.92 Å². The molecule has 0 radical (unpaired) electrons. The molecule has 146 valence electrons. The molecule has 1 amide bonds. The molecule has 1 saturated heterocycles. The average molecular weight is 370 g/mol. The number of pyridine rings is 1. The highest BCUT2D eigenvalue weighted by atomic mass is 16.2. The van der Waals surface area contributed by atoms with E-state index in [0.717, 1.165) is 44.6 Å². The molecule has 2 aromatic rings. The maximum atomic E-state index is 12.9. The highest BCUT2D eigenvalue weighted by molar-refractivity contribution is 5.92. The van der Waals surface area contributed by atoms with Gasteiger partial charge in [0.25, 0.3) is 5.91 Å². The van der Waals surface area contributed by atoms with Gasteiger partial charge in [-0.15, -0.1) is 0 Å². The molecule has 6 heteroatoms. The maximum Gasteiger partial charge on any atom is 0.269 e. The quantitative estimate of drug-likeness (QED) is 0.815. The predicted molar refractivity (Wildman–Crippen MR) is 106 cm³/mol. The number of aromatic nitrogens is 3. The van der Waals surface area contributed by atoms with E-state index in [2.05, 4.69) is 40.2 Å². The lowest BCUT2D eigenvalue weighted by atomic mass is 10.0. The second-order valence-electron chi connectivity index (χ2n) is 7.84. The number of nitrogens with one attached hydrogen (secondary N) is 1. The third kappa shape index (κ3) is 5.39. The van der Waals surface area contributed by atoms with Crippen molar-refractivity contribution in [3.8, 4) is 0 Å². The lowest BCUT2D eigenvalue weighted by Gasteiger charge is -2.33. The van der Waals surface area contributed by atoms with Crippen molar-refractivity contribution >= 4 is 5.91 Å². The minimum absolute atomic E-state index is 0.00687. The Morgan fingerprint density at radius 1 is 1.41 bits per heavy atom. The molecule has 0 saturated carbocycles. The van der Waals surface area contributed by atoms with Gasteiger partial charge in [0, 0.05) is 38.1 Å². The van der Waals surface area contributed by atoms with Crippen molar-refractivity contribution < 1.29 is 4.79 Å². The van der Waals surface area contributed by atoms with E-state index in [0.29, 0.717) is 18.2 Å². The number of piperidine rings is 1. The zero-order valence-electron chi connectivity index (χ0n) is 16.7. The zero-order chi connectivity index (χ0) is 19.2. The zero-order valence-corrected chi connectivity index (χ0v) is 16.7. The number of hydrogen-bond acceptors (Lipinski definition) is 4. The van der Waals surface area contributed by atoms with Crippen LogP contribution in [0.1, 0.15) is 55.4 Å². The Morgan fingerprint density at radius 3 is 2.96 bits per heavy atom. The monoisotopic (exact) mass is 369 g/mol. The highest BCUT2D eigenvalue weighted by Crippen LogP contribution is 2.15. The third-order valence-corrected chi connectivity index (χ3v) is 4.95. The van der Waals surface area contributed by atoms with Crippen LogP contribution >= 0.6 is 0 Å². The summed E-state index contributed by atoms with van der Waals surface area (Å²) in [6.45, 7) is 9.89. The van der Waals surface area contributed by atoms with Crippen LogP contribution in [0.3, 0.4) is 0 Å². The number of nitrogens with zero attached hydrogens (tertiary/aromatic N) is 4. The number of rotatable bonds is 7. The summed E-state index contributed by atoms with van der Waals surface area (Å²) in [5.41, 5.74) is 2.89. The van der Waals surface area contributed by atoms with Gasteiger partial charge in [-0.1, -0.05) is 19.9 Å². The van der Waals surface area contributed by atoms with Gasteiger partial charge in [-0.2, -0.15) is 5.10 Å².